The normalized spacial score (nSPS) is 14.8. The molecular weight excluding hydrogens is 449 g/mol. The van der Waals surface area contributed by atoms with Gasteiger partial charge in [-0.3, -0.25) is 4.79 Å². The molecule has 0 bridgehead atoms. The van der Waals surface area contributed by atoms with Gasteiger partial charge in [0, 0.05) is 43.5 Å². The Kier molecular flexibility index (Phi) is 7.43. The van der Waals surface area contributed by atoms with Gasteiger partial charge in [0.25, 0.3) is 5.91 Å². The van der Waals surface area contributed by atoms with Gasteiger partial charge in [0.15, 0.2) is 5.60 Å². The summed E-state index contributed by atoms with van der Waals surface area (Å²) >= 11 is 0. The quantitative estimate of drug-likeness (QED) is 0.560. The molecule has 1 saturated heterocycles. The molecule has 34 heavy (non-hydrogen) atoms. The van der Waals surface area contributed by atoms with Gasteiger partial charge >= 0.3 is 12.1 Å². The van der Waals surface area contributed by atoms with Crippen LogP contribution in [0.25, 0.3) is 0 Å². The summed E-state index contributed by atoms with van der Waals surface area (Å²) in [5, 5.41) is 0. The van der Waals surface area contributed by atoms with Crippen molar-refractivity contribution in [3.63, 3.8) is 0 Å². The Morgan fingerprint density at radius 2 is 1.56 bits per heavy atom. The topological polar surface area (TPSA) is 59.1 Å². The molecule has 2 aromatic rings. The molecule has 0 aliphatic carbocycles. The van der Waals surface area contributed by atoms with Crippen molar-refractivity contribution in [2.75, 3.05) is 31.1 Å². The van der Waals surface area contributed by atoms with Crippen LogP contribution in [0, 0.1) is 0 Å². The number of carbonyl (C=O) groups excluding carboxylic acids is 2. The Morgan fingerprint density at radius 3 is 2.12 bits per heavy atom. The van der Waals surface area contributed by atoms with E-state index in [4.69, 9.17) is 9.47 Å². The van der Waals surface area contributed by atoms with Gasteiger partial charge < -0.3 is 19.3 Å². The van der Waals surface area contributed by atoms with Gasteiger partial charge in [-0.2, -0.15) is 13.2 Å². The van der Waals surface area contributed by atoms with Crippen LogP contribution in [0.15, 0.2) is 48.5 Å². The van der Waals surface area contributed by atoms with Crippen LogP contribution in [-0.4, -0.2) is 54.7 Å². The van der Waals surface area contributed by atoms with Crippen molar-refractivity contribution in [3.8, 4) is 5.75 Å². The third-order valence-electron chi connectivity index (χ3n) is 5.42. The van der Waals surface area contributed by atoms with Crippen molar-refractivity contribution in [2.24, 2.45) is 0 Å². The van der Waals surface area contributed by atoms with E-state index in [-0.39, 0.29) is 17.6 Å². The molecule has 1 aliphatic heterocycles. The maximum Gasteiger partial charge on any atom is 0.416 e. The van der Waals surface area contributed by atoms with Crippen molar-refractivity contribution in [1.82, 2.24) is 4.90 Å². The lowest BCUT2D eigenvalue weighted by Crippen LogP contribution is -2.48. The van der Waals surface area contributed by atoms with E-state index in [1.165, 1.54) is 12.1 Å². The average molecular weight is 479 g/mol. The third-order valence-corrected chi connectivity index (χ3v) is 5.42. The Bertz CT molecular complexity index is 1010. The molecule has 184 valence electrons. The molecule has 1 amide bonds. The minimum atomic E-state index is -4.44. The van der Waals surface area contributed by atoms with E-state index in [0.717, 1.165) is 17.8 Å². The van der Waals surface area contributed by atoms with Crippen molar-refractivity contribution < 1.29 is 32.2 Å². The highest BCUT2D eigenvalue weighted by Crippen LogP contribution is 2.30. The highest BCUT2D eigenvalue weighted by Gasteiger charge is 2.33. The zero-order valence-electron chi connectivity index (χ0n) is 19.7. The number of amides is 1. The summed E-state index contributed by atoms with van der Waals surface area (Å²) in [5.41, 5.74) is -0.827. The van der Waals surface area contributed by atoms with E-state index >= 15 is 0 Å². The summed E-state index contributed by atoms with van der Waals surface area (Å²) < 4.78 is 49.4. The summed E-state index contributed by atoms with van der Waals surface area (Å²) in [5.74, 6) is -0.231. The average Bonchev–Trinajstić information content (AvgIpc) is 2.77. The first-order valence-corrected chi connectivity index (χ1v) is 11.1. The number of hydrogen-bond donors (Lipinski definition) is 0. The lowest BCUT2D eigenvalue weighted by atomic mass is 10.1. The maximum absolute atomic E-state index is 12.8. The molecular formula is C25H29F3N2O4. The molecule has 0 N–H and O–H groups in total. The van der Waals surface area contributed by atoms with Gasteiger partial charge in [0.2, 0.25) is 0 Å². The van der Waals surface area contributed by atoms with Crippen molar-refractivity contribution in [1.29, 1.82) is 0 Å². The lowest BCUT2D eigenvalue weighted by molar-refractivity contribution is -0.163. The van der Waals surface area contributed by atoms with E-state index in [2.05, 4.69) is 4.90 Å². The number of hydrogen-bond acceptors (Lipinski definition) is 5. The molecule has 0 radical (unpaired) electrons. The van der Waals surface area contributed by atoms with Crippen LogP contribution in [0.5, 0.6) is 5.75 Å². The van der Waals surface area contributed by atoms with Gasteiger partial charge in [-0.15, -0.1) is 0 Å². The number of halogens is 3. The van der Waals surface area contributed by atoms with Gasteiger partial charge in [0.05, 0.1) is 11.7 Å². The molecule has 0 spiro atoms. The van der Waals surface area contributed by atoms with E-state index in [1.807, 2.05) is 18.2 Å². The first-order chi connectivity index (χ1) is 15.9. The van der Waals surface area contributed by atoms with Crippen LogP contribution in [0.4, 0.5) is 18.9 Å². The van der Waals surface area contributed by atoms with Crippen LogP contribution in [0.3, 0.4) is 0 Å². The van der Waals surface area contributed by atoms with Gasteiger partial charge in [-0.1, -0.05) is 6.07 Å². The second kappa shape index (κ2) is 9.95. The molecule has 0 saturated carbocycles. The number of esters is 1. The van der Waals surface area contributed by atoms with Gasteiger partial charge in [0.1, 0.15) is 5.75 Å². The number of ether oxygens (including phenoxy) is 2. The number of alkyl halides is 3. The Hall–Kier alpha value is -3.23. The van der Waals surface area contributed by atoms with Crippen molar-refractivity contribution in [3.05, 3.63) is 59.7 Å². The van der Waals surface area contributed by atoms with E-state index < -0.39 is 23.3 Å². The highest BCUT2D eigenvalue weighted by molar-refractivity contribution is 5.94. The van der Waals surface area contributed by atoms with Gasteiger partial charge in [-0.25, -0.2) is 4.79 Å². The van der Waals surface area contributed by atoms with E-state index in [9.17, 15) is 22.8 Å². The van der Waals surface area contributed by atoms with Crippen LogP contribution in [0.1, 0.15) is 43.6 Å². The van der Waals surface area contributed by atoms with Crippen LogP contribution >= 0.6 is 0 Å². The second-order valence-corrected chi connectivity index (χ2v) is 8.92. The molecule has 3 rings (SSSR count). The zero-order valence-corrected chi connectivity index (χ0v) is 19.7. The van der Waals surface area contributed by atoms with Crippen molar-refractivity contribution in [2.45, 2.75) is 45.6 Å². The molecule has 2 aromatic carbocycles. The number of nitrogens with zero attached hydrogens (tertiary/aromatic N) is 2. The van der Waals surface area contributed by atoms with E-state index in [0.29, 0.717) is 31.9 Å². The fourth-order valence-corrected chi connectivity index (χ4v) is 3.59. The van der Waals surface area contributed by atoms with Crippen LogP contribution in [-0.2, 0) is 15.7 Å². The number of anilines is 1. The molecule has 9 heteroatoms. The number of benzene rings is 2. The summed E-state index contributed by atoms with van der Waals surface area (Å²) in [7, 11) is 0. The molecule has 0 unspecified atom stereocenters. The number of piperazine rings is 1. The molecule has 0 aromatic heterocycles. The van der Waals surface area contributed by atoms with Crippen molar-refractivity contribution >= 4 is 17.6 Å². The Labute approximate surface area is 197 Å². The monoisotopic (exact) mass is 478 g/mol. The Morgan fingerprint density at radius 1 is 0.941 bits per heavy atom. The largest absolute Gasteiger partial charge is 0.476 e. The highest BCUT2D eigenvalue weighted by atomic mass is 19.4. The lowest BCUT2D eigenvalue weighted by Gasteiger charge is -2.36. The maximum atomic E-state index is 12.8. The standard InChI is InChI=1S/C25H29F3N2O4/c1-17(2)33-23(32)24(3,4)34-21-7-5-6-20(16-21)29-12-14-30(15-13-29)22(31)18-8-10-19(11-9-18)25(26,27)28/h5-11,16-17H,12-15H2,1-4H3. The van der Waals surface area contributed by atoms with Crippen LogP contribution in [0.2, 0.25) is 0 Å². The molecule has 6 nitrogen and oxygen atoms in total. The van der Waals surface area contributed by atoms with Gasteiger partial charge in [-0.05, 0) is 64.1 Å². The summed E-state index contributed by atoms with van der Waals surface area (Å²) in [6.45, 7) is 8.80. The fraction of sp³-hybridized carbons (Fsp3) is 0.440. The first kappa shape index (κ1) is 25.4. The number of carbonyl (C=O) groups is 2. The van der Waals surface area contributed by atoms with E-state index in [1.54, 1.807) is 38.7 Å². The predicted molar refractivity (Wildman–Crippen MR) is 122 cm³/mol. The molecule has 1 heterocycles. The second-order valence-electron chi connectivity index (χ2n) is 8.92. The molecule has 1 fully saturated rings. The fourth-order valence-electron chi connectivity index (χ4n) is 3.59. The predicted octanol–water partition coefficient (Wildman–Crippen LogP) is 4.78. The Balaban J connectivity index is 1.61. The number of rotatable bonds is 6. The minimum Gasteiger partial charge on any atom is -0.476 e. The smallest absolute Gasteiger partial charge is 0.416 e. The summed E-state index contributed by atoms with van der Waals surface area (Å²) in [6, 6.07) is 11.6. The van der Waals surface area contributed by atoms with Crippen LogP contribution < -0.4 is 9.64 Å². The first-order valence-electron chi connectivity index (χ1n) is 11.1. The summed E-state index contributed by atoms with van der Waals surface area (Å²) in [4.78, 5) is 28.7. The molecule has 1 aliphatic rings. The SMILES string of the molecule is CC(C)OC(=O)C(C)(C)Oc1cccc(N2CCN(C(=O)c3ccc(C(F)(F)F)cc3)CC2)c1. The zero-order chi connectivity index (χ0) is 25.1. The summed E-state index contributed by atoms with van der Waals surface area (Å²) in [6.07, 6.45) is -4.68. The third kappa shape index (κ3) is 6.21. The minimum absolute atomic E-state index is 0.229. The molecule has 0 atom stereocenters.